The third-order valence-corrected chi connectivity index (χ3v) is 2.95. The number of carboxylic acid groups (broad SMARTS) is 1. The van der Waals surface area contributed by atoms with E-state index >= 15 is 0 Å². The Morgan fingerprint density at radius 3 is 2.50 bits per heavy atom. The van der Waals surface area contributed by atoms with E-state index in [1.165, 1.54) is 6.92 Å². The predicted octanol–water partition coefficient (Wildman–Crippen LogP) is 1.88. The molecule has 0 saturated carbocycles. The van der Waals surface area contributed by atoms with Crippen LogP contribution in [0.4, 0.5) is 0 Å². The molecule has 0 fully saturated rings. The minimum absolute atomic E-state index is 0.0993. The van der Waals surface area contributed by atoms with Gasteiger partial charge >= 0.3 is 5.97 Å². The van der Waals surface area contributed by atoms with Gasteiger partial charge in [-0.3, -0.25) is 9.59 Å². The number of nitrogens with one attached hydrogen (secondary N) is 1. The molecule has 0 spiro atoms. The summed E-state index contributed by atoms with van der Waals surface area (Å²) in [7, 11) is 0. The lowest BCUT2D eigenvalue weighted by Crippen LogP contribution is -2.43. The van der Waals surface area contributed by atoms with Crippen molar-refractivity contribution in [1.29, 1.82) is 0 Å². The lowest BCUT2D eigenvalue weighted by molar-refractivity contribution is -0.142. The quantitative estimate of drug-likeness (QED) is 0.715. The molecule has 22 heavy (non-hydrogen) atoms. The van der Waals surface area contributed by atoms with Gasteiger partial charge in [-0.15, -0.1) is 0 Å². The molecule has 1 atom stereocenters. The molecule has 0 bridgehead atoms. The number of ketones is 1. The van der Waals surface area contributed by atoms with Crippen LogP contribution in [0, 0.1) is 5.92 Å². The van der Waals surface area contributed by atoms with E-state index in [-0.39, 0.29) is 18.3 Å². The Bertz CT molecular complexity index is 553. The zero-order valence-corrected chi connectivity index (χ0v) is 13.0. The molecule has 0 aliphatic carbocycles. The molecular formula is C16H21NO5. The maximum atomic E-state index is 11.8. The van der Waals surface area contributed by atoms with Crippen molar-refractivity contribution < 1.29 is 24.2 Å². The lowest BCUT2D eigenvalue weighted by atomic mass is 10.0. The van der Waals surface area contributed by atoms with Crippen molar-refractivity contribution in [3.05, 3.63) is 29.8 Å². The first-order chi connectivity index (χ1) is 10.3. The van der Waals surface area contributed by atoms with Gasteiger partial charge < -0.3 is 15.2 Å². The number of carbonyl (C=O) groups excluding carboxylic acids is 2. The van der Waals surface area contributed by atoms with Crippen LogP contribution in [0.15, 0.2) is 24.3 Å². The van der Waals surface area contributed by atoms with Crippen molar-refractivity contribution in [2.75, 3.05) is 6.61 Å². The van der Waals surface area contributed by atoms with E-state index in [9.17, 15) is 14.4 Å². The van der Waals surface area contributed by atoms with Crippen LogP contribution < -0.4 is 10.1 Å². The first-order valence-electron chi connectivity index (χ1n) is 7.05. The second kappa shape index (κ2) is 8.17. The van der Waals surface area contributed by atoms with Crippen LogP contribution in [0.5, 0.6) is 5.75 Å². The highest BCUT2D eigenvalue weighted by Crippen LogP contribution is 2.13. The Morgan fingerprint density at radius 1 is 1.27 bits per heavy atom. The van der Waals surface area contributed by atoms with Crippen molar-refractivity contribution in [3.8, 4) is 5.75 Å². The zero-order valence-electron chi connectivity index (χ0n) is 13.0. The van der Waals surface area contributed by atoms with Gasteiger partial charge in [0.2, 0.25) is 0 Å². The number of hydrogen-bond acceptors (Lipinski definition) is 4. The van der Waals surface area contributed by atoms with Crippen LogP contribution in [0.3, 0.4) is 0 Å². The SMILES string of the molecule is CC(=O)c1cccc(OCC(=O)N[C@@H](CC(C)C)C(=O)O)c1. The van der Waals surface area contributed by atoms with Crippen molar-refractivity contribution in [1.82, 2.24) is 5.32 Å². The molecule has 1 aromatic rings. The molecule has 1 rings (SSSR count). The molecule has 2 N–H and O–H groups in total. The number of benzene rings is 1. The van der Waals surface area contributed by atoms with E-state index in [1.54, 1.807) is 24.3 Å². The smallest absolute Gasteiger partial charge is 0.326 e. The Morgan fingerprint density at radius 2 is 1.95 bits per heavy atom. The summed E-state index contributed by atoms with van der Waals surface area (Å²) in [4.78, 5) is 34.1. The molecule has 0 aliphatic rings. The van der Waals surface area contributed by atoms with Crippen LogP contribution in [-0.4, -0.2) is 35.4 Å². The Balaban J connectivity index is 2.56. The fourth-order valence-electron chi connectivity index (χ4n) is 1.88. The van der Waals surface area contributed by atoms with Gasteiger partial charge in [-0.2, -0.15) is 0 Å². The van der Waals surface area contributed by atoms with Gasteiger partial charge in [-0.05, 0) is 31.4 Å². The molecule has 0 radical (unpaired) electrons. The van der Waals surface area contributed by atoms with Crippen LogP contribution in [-0.2, 0) is 9.59 Å². The summed E-state index contributed by atoms with van der Waals surface area (Å²) in [5.41, 5.74) is 0.487. The van der Waals surface area contributed by atoms with E-state index in [2.05, 4.69) is 5.32 Å². The summed E-state index contributed by atoms with van der Waals surface area (Å²) in [6.07, 6.45) is 0.348. The maximum Gasteiger partial charge on any atom is 0.326 e. The number of carbonyl (C=O) groups is 3. The Hall–Kier alpha value is -2.37. The second-order valence-corrected chi connectivity index (χ2v) is 5.46. The minimum Gasteiger partial charge on any atom is -0.484 e. The number of Topliss-reactive ketones (excluding diaryl/α,β-unsaturated/α-hetero) is 1. The average molecular weight is 307 g/mol. The van der Waals surface area contributed by atoms with Crippen LogP contribution in [0.25, 0.3) is 0 Å². The highest BCUT2D eigenvalue weighted by molar-refractivity contribution is 5.94. The number of amides is 1. The zero-order chi connectivity index (χ0) is 16.7. The van der Waals surface area contributed by atoms with Gasteiger partial charge in [0.15, 0.2) is 12.4 Å². The first-order valence-corrected chi connectivity index (χ1v) is 7.05. The standard InChI is InChI=1S/C16H21NO5/c1-10(2)7-14(16(20)21)17-15(19)9-22-13-6-4-5-12(8-13)11(3)18/h4-6,8,10,14H,7,9H2,1-3H3,(H,17,19)(H,20,21)/t14-/m0/s1. The number of ether oxygens (including phenoxy) is 1. The molecule has 0 aromatic heterocycles. The van der Waals surface area contributed by atoms with Crippen LogP contribution >= 0.6 is 0 Å². The maximum absolute atomic E-state index is 11.8. The van der Waals surface area contributed by atoms with E-state index in [1.807, 2.05) is 13.8 Å². The van der Waals surface area contributed by atoms with Gasteiger partial charge in [0.25, 0.3) is 5.91 Å². The summed E-state index contributed by atoms with van der Waals surface area (Å²) < 4.78 is 5.29. The van der Waals surface area contributed by atoms with Crippen molar-refractivity contribution in [2.24, 2.45) is 5.92 Å². The van der Waals surface area contributed by atoms with Gasteiger partial charge in [-0.1, -0.05) is 26.0 Å². The number of aliphatic carboxylic acids is 1. The minimum atomic E-state index is -1.07. The lowest BCUT2D eigenvalue weighted by Gasteiger charge is -2.16. The van der Waals surface area contributed by atoms with Crippen molar-refractivity contribution in [2.45, 2.75) is 33.2 Å². The predicted molar refractivity (Wildman–Crippen MR) is 81.0 cm³/mol. The largest absolute Gasteiger partial charge is 0.484 e. The van der Waals surface area contributed by atoms with E-state index < -0.39 is 17.9 Å². The molecule has 1 amide bonds. The highest BCUT2D eigenvalue weighted by atomic mass is 16.5. The molecule has 0 aliphatic heterocycles. The number of rotatable bonds is 8. The van der Waals surface area contributed by atoms with E-state index in [4.69, 9.17) is 9.84 Å². The Labute approximate surface area is 129 Å². The van der Waals surface area contributed by atoms with Crippen LogP contribution in [0.1, 0.15) is 37.6 Å². The summed E-state index contributed by atoms with van der Waals surface area (Å²) in [5.74, 6) is -1.15. The van der Waals surface area contributed by atoms with Gasteiger partial charge in [0.05, 0.1) is 0 Å². The summed E-state index contributed by atoms with van der Waals surface area (Å²) in [5, 5.41) is 11.5. The van der Waals surface area contributed by atoms with Gasteiger partial charge in [0, 0.05) is 5.56 Å². The van der Waals surface area contributed by atoms with E-state index in [0.29, 0.717) is 17.7 Å². The molecule has 6 nitrogen and oxygen atoms in total. The summed E-state index contributed by atoms with van der Waals surface area (Å²) >= 11 is 0. The Kier molecular flexibility index (Phi) is 6.56. The van der Waals surface area contributed by atoms with Gasteiger partial charge in [0.1, 0.15) is 11.8 Å². The second-order valence-electron chi connectivity index (χ2n) is 5.46. The van der Waals surface area contributed by atoms with Crippen molar-refractivity contribution >= 4 is 17.7 Å². The summed E-state index contributed by atoms with van der Waals surface area (Å²) in [6.45, 7) is 4.90. The normalized spacial score (nSPS) is 11.8. The van der Waals surface area contributed by atoms with Gasteiger partial charge in [-0.25, -0.2) is 4.79 Å². The topological polar surface area (TPSA) is 92.7 Å². The monoisotopic (exact) mass is 307 g/mol. The van der Waals surface area contributed by atoms with Crippen LogP contribution in [0.2, 0.25) is 0 Å². The first kappa shape index (κ1) is 17.7. The highest BCUT2D eigenvalue weighted by Gasteiger charge is 2.21. The molecular weight excluding hydrogens is 286 g/mol. The van der Waals surface area contributed by atoms with Crippen molar-refractivity contribution in [3.63, 3.8) is 0 Å². The number of carboxylic acids is 1. The van der Waals surface area contributed by atoms with E-state index in [0.717, 1.165) is 0 Å². The molecule has 120 valence electrons. The molecule has 6 heteroatoms. The molecule has 1 aromatic carbocycles. The molecule has 0 saturated heterocycles. The third-order valence-electron chi connectivity index (χ3n) is 2.95. The molecule has 0 unspecified atom stereocenters. The molecule has 0 heterocycles. The summed E-state index contributed by atoms with van der Waals surface area (Å²) in [6, 6.07) is 5.54. The fourth-order valence-corrected chi connectivity index (χ4v) is 1.88. The average Bonchev–Trinajstić information content (AvgIpc) is 2.44. The third kappa shape index (κ3) is 5.95. The fraction of sp³-hybridized carbons (Fsp3) is 0.438. The number of hydrogen-bond donors (Lipinski definition) is 2.